The summed E-state index contributed by atoms with van der Waals surface area (Å²) < 4.78 is 27.8. The van der Waals surface area contributed by atoms with Crippen LogP contribution in [0.5, 0.6) is 0 Å². The fourth-order valence-electron chi connectivity index (χ4n) is 3.06. The van der Waals surface area contributed by atoms with E-state index < -0.39 is 10.0 Å². The van der Waals surface area contributed by atoms with Crippen LogP contribution in [0.3, 0.4) is 0 Å². The third-order valence-electron chi connectivity index (χ3n) is 4.53. The van der Waals surface area contributed by atoms with E-state index in [1.54, 1.807) is 0 Å². The summed E-state index contributed by atoms with van der Waals surface area (Å²) in [4.78, 5) is 16.6. The minimum Gasteiger partial charge on any atom is -0.339 e. The molecule has 0 bridgehead atoms. The van der Waals surface area contributed by atoms with E-state index >= 15 is 0 Å². The molecule has 3 aromatic carbocycles. The van der Waals surface area contributed by atoms with Gasteiger partial charge in [0.1, 0.15) is 0 Å². The number of rotatable bonds is 6. The van der Waals surface area contributed by atoms with Gasteiger partial charge in [0.05, 0.1) is 4.90 Å². The second kappa shape index (κ2) is 8.05. The number of amides is 1. The third kappa shape index (κ3) is 4.37. The molecule has 0 fully saturated rings. The molecule has 1 aromatic heterocycles. The number of anilines is 1. The molecule has 0 spiro atoms. The maximum Gasteiger partial charge on any atom is 0.238 e. The SMILES string of the molecule is NS(=O)(=O)c1ccc(NC(=O)CCc2nc(-c3cccc4ccccc34)no2)cc1. The van der Waals surface area contributed by atoms with Gasteiger partial charge in [-0.1, -0.05) is 47.6 Å². The number of carbonyl (C=O) groups excluding carboxylic acids is 1. The molecule has 3 N–H and O–H groups in total. The lowest BCUT2D eigenvalue weighted by Crippen LogP contribution is -2.14. The number of aromatic nitrogens is 2. The number of nitrogens with one attached hydrogen (secondary N) is 1. The van der Waals surface area contributed by atoms with Gasteiger partial charge in [-0.2, -0.15) is 4.98 Å². The van der Waals surface area contributed by atoms with E-state index in [0.29, 0.717) is 17.4 Å². The number of nitrogens with two attached hydrogens (primary N) is 1. The maximum atomic E-state index is 12.2. The number of nitrogens with zero attached hydrogens (tertiary/aromatic N) is 2. The Labute approximate surface area is 172 Å². The summed E-state index contributed by atoms with van der Waals surface area (Å²) in [6, 6.07) is 19.4. The van der Waals surface area contributed by atoms with Gasteiger partial charge in [0, 0.05) is 24.1 Å². The van der Waals surface area contributed by atoms with Crippen molar-refractivity contribution in [2.45, 2.75) is 17.7 Å². The van der Waals surface area contributed by atoms with Crippen molar-refractivity contribution in [3.63, 3.8) is 0 Å². The van der Waals surface area contributed by atoms with Gasteiger partial charge in [-0.25, -0.2) is 13.6 Å². The van der Waals surface area contributed by atoms with Crippen LogP contribution in [0.25, 0.3) is 22.2 Å². The highest BCUT2D eigenvalue weighted by Gasteiger charge is 2.13. The van der Waals surface area contributed by atoms with Crippen LogP contribution in [0.1, 0.15) is 12.3 Å². The minimum atomic E-state index is -3.77. The van der Waals surface area contributed by atoms with E-state index in [2.05, 4.69) is 15.5 Å². The first-order valence-electron chi connectivity index (χ1n) is 9.13. The lowest BCUT2D eigenvalue weighted by atomic mass is 10.0. The largest absolute Gasteiger partial charge is 0.339 e. The molecule has 152 valence electrons. The second-order valence-electron chi connectivity index (χ2n) is 6.66. The van der Waals surface area contributed by atoms with Gasteiger partial charge in [-0.3, -0.25) is 4.79 Å². The van der Waals surface area contributed by atoms with Crippen molar-refractivity contribution >= 4 is 32.4 Å². The quantitative estimate of drug-likeness (QED) is 0.491. The van der Waals surface area contributed by atoms with Crippen LogP contribution >= 0.6 is 0 Å². The minimum absolute atomic E-state index is 0.0210. The van der Waals surface area contributed by atoms with Crippen LogP contribution < -0.4 is 10.5 Å². The monoisotopic (exact) mass is 422 g/mol. The van der Waals surface area contributed by atoms with Crippen molar-refractivity contribution in [2.75, 3.05) is 5.32 Å². The first kappa shape index (κ1) is 19.7. The normalized spacial score (nSPS) is 11.5. The highest BCUT2D eigenvalue weighted by Crippen LogP contribution is 2.26. The van der Waals surface area contributed by atoms with Gasteiger partial charge < -0.3 is 9.84 Å². The molecule has 9 heteroatoms. The van der Waals surface area contributed by atoms with Gasteiger partial charge >= 0.3 is 0 Å². The topological polar surface area (TPSA) is 128 Å². The third-order valence-corrected chi connectivity index (χ3v) is 5.46. The molecule has 0 aliphatic heterocycles. The molecule has 8 nitrogen and oxygen atoms in total. The Kier molecular flexibility index (Phi) is 5.30. The molecule has 4 aromatic rings. The number of hydrogen-bond donors (Lipinski definition) is 2. The van der Waals surface area contributed by atoms with Crippen molar-refractivity contribution in [1.29, 1.82) is 0 Å². The van der Waals surface area contributed by atoms with E-state index in [1.807, 2.05) is 42.5 Å². The molecule has 4 rings (SSSR count). The predicted octanol–water partition coefficient (Wildman–Crippen LogP) is 3.11. The van der Waals surface area contributed by atoms with Crippen LogP contribution in [0.15, 0.2) is 76.1 Å². The summed E-state index contributed by atoms with van der Waals surface area (Å²) in [6.45, 7) is 0. The van der Waals surface area contributed by atoms with Crippen molar-refractivity contribution < 1.29 is 17.7 Å². The maximum absolute atomic E-state index is 12.2. The van der Waals surface area contributed by atoms with E-state index in [-0.39, 0.29) is 23.6 Å². The second-order valence-corrected chi connectivity index (χ2v) is 8.22. The average Bonchev–Trinajstić information content (AvgIpc) is 3.20. The molecule has 0 aliphatic rings. The Morgan fingerprint density at radius 2 is 1.73 bits per heavy atom. The number of sulfonamides is 1. The predicted molar refractivity (Wildman–Crippen MR) is 112 cm³/mol. The number of carbonyl (C=O) groups is 1. The zero-order valence-electron chi connectivity index (χ0n) is 15.8. The molecule has 0 saturated carbocycles. The molecule has 0 saturated heterocycles. The van der Waals surface area contributed by atoms with E-state index in [4.69, 9.17) is 9.66 Å². The molecule has 1 heterocycles. The van der Waals surface area contributed by atoms with Crippen molar-refractivity contribution in [2.24, 2.45) is 5.14 Å². The fourth-order valence-corrected chi connectivity index (χ4v) is 3.57. The molecule has 0 radical (unpaired) electrons. The Balaban J connectivity index is 1.40. The number of benzene rings is 3. The number of fused-ring (bicyclic) bond motifs is 1. The zero-order chi connectivity index (χ0) is 21.1. The Hall–Kier alpha value is -3.56. The van der Waals surface area contributed by atoms with Crippen molar-refractivity contribution in [3.05, 3.63) is 72.6 Å². The number of aryl methyl sites for hydroxylation is 1. The summed E-state index contributed by atoms with van der Waals surface area (Å²) in [7, 11) is -3.77. The molecule has 0 unspecified atom stereocenters. The van der Waals surface area contributed by atoms with Gasteiger partial charge in [-0.05, 0) is 35.0 Å². The first-order valence-corrected chi connectivity index (χ1v) is 10.7. The fraction of sp³-hybridized carbons (Fsp3) is 0.0952. The van der Waals surface area contributed by atoms with Gasteiger partial charge in [0.15, 0.2) is 0 Å². The highest BCUT2D eigenvalue weighted by molar-refractivity contribution is 7.89. The summed E-state index contributed by atoms with van der Waals surface area (Å²) in [5, 5.41) is 13.9. The average molecular weight is 422 g/mol. The summed E-state index contributed by atoms with van der Waals surface area (Å²) in [5.41, 5.74) is 1.33. The summed E-state index contributed by atoms with van der Waals surface area (Å²) >= 11 is 0. The molecular weight excluding hydrogens is 404 g/mol. The number of hydrogen-bond acceptors (Lipinski definition) is 6. The van der Waals surface area contributed by atoms with Crippen LogP contribution in [0.4, 0.5) is 5.69 Å². The standard InChI is InChI=1S/C21H18N4O4S/c22-30(27,28)16-10-8-15(9-11-16)23-19(26)12-13-20-24-21(25-29-20)18-7-3-5-14-4-1-2-6-17(14)18/h1-11H,12-13H2,(H,23,26)(H2,22,27,28). The molecule has 1 amide bonds. The lowest BCUT2D eigenvalue weighted by molar-refractivity contribution is -0.116. The van der Waals surface area contributed by atoms with Gasteiger partial charge in [0.2, 0.25) is 27.6 Å². The molecular formula is C21H18N4O4S. The summed E-state index contributed by atoms with van der Waals surface area (Å²) in [5.74, 6) is 0.571. The zero-order valence-corrected chi connectivity index (χ0v) is 16.6. The van der Waals surface area contributed by atoms with Gasteiger partial charge in [-0.15, -0.1) is 0 Å². The molecule has 0 atom stereocenters. The van der Waals surface area contributed by atoms with Crippen LogP contribution in [-0.4, -0.2) is 24.5 Å². The molecule has 30 heavy (non-hydrogen) atoms. The number of primary sulfonamides is 1. The Morgan fingerprint density at radius 3 is 2.50 bits per heavy atom. The first-order chi connectivity index (χ1) is 14.4. The smallest absolute Gasteiger partial charge is 0.238 e. The van der Waals surface area contributed by atoms with Crippen LogP contribution in [-0.2, 0) is 21.2 Å². The Bertz CT molecular complexity index is 1310. The van der Waals surface area contributed by atoms with Crippen LogP contribution in [0.2, 0.25) is 0 Å². The lowest BCUT2D eigenvalue weighted by Gasteiger charge is -2.05. The summed E-state index contributed by atoms with van der Waals surface area (Å²) in [6.07, 6.45) is 0.410. The van der Waals surface area contributed by atoms with Crippen molar-refractivity contribution in [1.82, 2.24) is 10.1 Å². The highest BCUT2D eigenvalue weighted by atomic mass is 32.2. The molecule has 0 aliphatic carbocycles. The van der Waals surface area contributed by atoms with E-state index in [9.17, 15) is 13.2 Å². The van der Waals surface area contributed by atoms with Gasteiger partial charge in [0.25, 0.3) is 0 Å². The van der Waals surface area contributed by atoms with E-state index in [1.165, 1.54) is 24.3 Å². The van der Waals surface area contributed by atoms with E-state index in [0.717, 1.165) is 16.3 Å². The Morgan fingerprint density at radius 1 is 1.00 bits per heavy atom. The van der Waals surface area contributed by atoms with Crippen LogP contribution in [0, 0.1) is 0 Å². The van der Waals surface area contributed by atoms with Crippen molar-refractivity contribution in [3.8, 4) is 11.4 Å².